The van der Waals surface area contributed by atoms with E-state index in [1.807, 2.05) is 6.92 Å². The van der Waals surface area contributed by atoms with E-state index in [4.69, 9.17) is 5.11 Å². The van der Waals surface area contributed by atoms with Gasteiger partial charge in [-0.3, -0.25) is 0 Å². The van der Waals surface area contributed by atoms with Gasteiger partial charge in [0.15, 0.2) is 0 Å². The van der Waals surface area contributed by atoms with Crippen molar-refractivity contribution >= 4 is 22.1 Å². The summed E-state index contributed by atoms with van der Waals surface area (Å²) in [4.78, 5) is 10.7. The summed E-state index contributed by atoms with van der Waals surface area (Å²) >= 11 is 0. The van der Waals surface area contributed by atoms with Crippen LogP contribution in [0.3, 0.4) is 0 Å². The number of carboxylic acids is 1. The summed E-state index contributed by atoms with van der Waals surface area (Å²) in [6, 6.07) is 4.85. The van der Waals surface area contributed by atoms with E-state index in [1.54, 1.807) is 19.1 Å². The molecule has 0 radical (unpaired) electrons. The fourth-order valence-corrected chi connectivity index (χ4v) is 3.59. The van der Waals surface area contributed by atoms with Crippen molar-refractivity contribution in [3.8, 4) is 0 Å². The van der Waals surface area contributed by atoms with Crippen molar-refractivity contribution in [2.75, 3.05) is 0 Å². The van der Waals surface area contributed by atoms with Gasteiger partial charge in [-0.15, -0.1) is 0 Å². The average Bonchev–Trinajstić information content (AvgIpc) is 3.04. The Labute approximate surface area is 118 Å². The molecule has 1 aliphatic carbocycles. The van der Waals surface area contributed by atoms with Crippen molar-refractivity contribution in [1.82, 2.24) is 4.72 Å². The molecular weight excluding hydrogens is 278 g/mol. The minimum atomic E-state index is -3.58. The first kappa shape index (κ1) is 14.7. The second-order valence-electron chi connectivity index (χ2n) is 5.36. The zero-order valence-electron chi connectivity index (χ0n) is 11.4. The third-order valence-corrected chi connectivity index (χ3v) is 5.08. The Balaban J connectivity index is 2.35. The van der Waals surface area contributed by atoms with E-state index < -0.39 is 16.0 Å². The monoisotopic (exact) mass is 295 g/mol. The van der Waals surface area contributed by atoms with E-state index in [0.29, 0.717) is 11.1 Å². The lowest BCUT2D eigenvalue weighted by Crippen LogP contribution is -2.34. The van der Waals surface area contributed by atoms with E-state index in [2.05, 4.69) is 4.72 Å². The predicted molar refractivity (Wildman–Crippen MR) is 75.8 cm³/mol. The second-order valence-corrected chi connectivity index (χ2v) is 7.01. The molecule has 0 unspecified atom stereocenters. The zero-order valence-corrected chi connectivity index (χ0v) is 12.2. The normalized spacial score (nSPS) is 17.3. The Kier molecular flexibility index (Phi) is 3.71. The number of benzene rings is 1. The standard InChI is InChI=1S/C14H17NO4S/c1-10-3-4-11(5-6-13(16)17)9-12(10)20(18,19)15-14(2)7-8-14/h3-6,9,15H,7-8H2,1-2H3,(H,16,17)/b6-5+. The van der Waals surface area contributed by atoms with Gasteiger partial charge in [0.2, 0.25) is 10.0 Å². The van der Waals surface area contributed by atoms with Crippen LogP contribution in [0.2, 0.25) is 0 Å². The summed E-state index contributed by atoms with van der Waals surface area (Å²) in [6.45, 7) is 3.59. The molecule has 108 valence electrons. The van der Waals surface area contributed by atoms with Gasteiger partial charge in [0, 0.05) is 11.6 Å². The quantitative estimate of drug-likeness (QED) is 0.813. The number of hydrogen-bond acceptors (Lipinski definition) is 3. The van der Waals surface area contributed by atoms with Crippen LogP contribution in [0.5, 0.6) is 0 Å². The van der Waals surface area contributed by atoms with Crippen LogP contribution in [0.25, 0.3) is 6.08 Å². The van der Waals surface area contributed by atoms with Crippen molar-refractivity contribution in [3.63, 3.8) is 0 Å². The molecule has 0 amide bonds. The van der Waals surface area contributed by atoms with E-state index in [1.165, 1.54) is 12.1 Å². The molecule has 1 aromatic carbocycles. The van der Waals surface area contributed by atoms with Crippen molar-refractivity contribution < 1.29 is 18.3 Å². The fraction of sp³-hybridized carbons (Fsp3) is 0.357. The second kappa shape index (κ2) is 5.03. The Hall–Kier alpha value is -1.66. The molecule has 0 atom stereocenters. The number of rotatable bonds is 5. The molecule has 1 fully saturated rings. The highest BCUT2D eigenvalue weighted by Gasteiger charge is 2.41. The van der Waals surface area contributed by atoms with Gasteiger partial charge in [-0.25, -0.2) is 17.9 Å². The van der Waals surface area contributed by atoms with Crippen LogP contribution in [0, 0.1) is 6.92 Å². The molecule has 2 N–H and O–H groups in total. The van der Waals surface area contributed by atoms with Gasteiger partial charge in [-0.2, -0.15) is 0 Å². The van der Waals surface area contributed by atoms with Crippen LogP contribution >= 0.6 is 0 Å². The van der Waals surface area contributed by atoms with Crippen LogP contribution in [-0.2, 0) is 14.8 Å². The molecule has 0 aliphatic heterocycles. The maximum absolute atomic E-state index is 12.3. The van der Waals surface area contributed by atoms with Crippen LogP contribution < -0.4 is 4.72 Å². The van der Waals surface area contributed by atoms with Crippen molar-refractivity contribution in [2.24, 2.45) is 0 Å². The number of sulfonamides is 1. The van der Waals surface area contributed by atoms with E-state index >= 15 is 0 Å². The summed E-state index contributed by atoms with van der Waals surface area (Å²) in [6.07, 6.45) is 4.03. The van der Waals surface area contributed by atoms with Gasteiger partial charge >= 0.3 is 5.97 Å². The first-order chi connectivity index (χ1) is 9.22. The largest absolute Gasteiger partial charge is 0.478 e. The molecule has 0 saturated heterocycles. The molecule has 2 rings (SSSR count). The first-order valence-corrected chi connectivity index (χ1v) is 7.76. The molecule has 0 aromatic heterocycles. The Morgan fingerprint density at radius 3 is 2.60 bits per heavy atom. The van der Waals surface area contributed by atoms with Crippen LogP contribution in [0.1, 0.15) is 30.9 Å². The molecular formula is C14H17NO4S. The lowest BCUT2D eigenvalue weighted by molar-refractivity contribution is -0.131. The number of nitrogens with one attached hydrogen (secondary N) is 1. The summed E-state index contributed by atoms with van der Waals surface area (Å²) in [5.41, 5.74) is 0.839. The first-order valence-electron chi connectivity index (χ1n) is 6.28. The summed E-state index contributed by atoms with van der Waals surface area (Å²) in [5, 5.41) is 8.60. The molecule has 5 nitrogen and oxygen atoms in total. The minimum Gasteiger partial charge on any atom is -0.478 e. The van der Waals surface area contributed by atoms with Gasteiger partial charge in [-0.05, 0) is 50.0 Å². The van der Waals surface area contributed by atoms with Gasteiger partial charge in [0.1, 0.15) is 0 Å². The topological polar surface area (TPSA) is 83.5 Å². The molecule has 6 heteroatoms. The molecule has 20 heavy (non-hydrogen) atoms. The lowest BCUT2D eigenvalue weighted by Gasteiger charge is -2.14. The number of aliphatic carboxylic acids is 1. The molecule has 1 aliphatic rings. The maximum Gasteiger partial charge on any atom is 0.328 e. The third kappa shape index (κ3) is 3.46. The van der Waals surface area contributed by atoms with Crippen molar-refractivity contribution in [3.05, 3.63) is 35.4 Å². The summed E-state index contributed by atoms with van der Waals surface area (Å²) in [7, 11) is -3.58. The third-order valence-electron chi connectivity index (χ3n) is 3.30. The molecule has 0 spiro atoms. The highest BCUT2D eigenvalue weighted by atomic mass is 32.2. The highest BCUT2D eigenvalue weighted by molar-refractivity contribution is 7.89. The fourth-order valence-electron chi connectivity index (χ4n) is 1.85. The van der Waals surface area contributed by atoms with Gasteiger partial charge in [0.05, 0.1) is 4.90 Å². The number of hydrogen-bond donors (Lipinski definition) is 2. The van der Waals surface area contributed by atoms with Crippen LogP contribution in [0.4, 0.5) is 0 Å². The van der Waals surface area contributed by atoms with Crippen LogP contribution in [-0.4, -0.2) is 25.0 Å². The van der Waals surface area contributed by atoms with Crippen molar-refractivity contribution in [2.45, 2.75) is 37.1 Å². The zero-order chi connectivity index (χ0) is 15.0. The minimum absolute atomic E-state index is 0.193. The predicted octanol–water partition coefficient (Wildman–Crippen LogP) is 1.92. The smallest absolute Gasteiger partial charge is 0.328 e. The summed E-state index contributed by atoms with van der Waals surface area (Å²) < 4.78 is 27.4. The Bertz CT molecular complexity index is 672. The molecule has 1 saturated carbocycles. The summed E-state index contributed by atoms with van der Waals surface area (Å²) in [5.74, 6) is -1.07. The Morgan fingerprint density at radius 2 is 2.05 bits per heavy atom. The van der Waals surface area contributed by atoms with Gasteiger partial charge in [0.25, 0.3) is 0 Å². The molecule has 0 heterocycles. The average molecular weight is 295 g/mol. The highest BCUT2D eigenvalue weighted by Crippen LogP contribution is 2.36. The SMILES string of the molecule is Cc1ccc(/C=C/C(=O)O)cc1S(=O)(=O)NC1(C)CC1. The van der Waals surface area contributed by atoms with E-state index in [-0.39, 0.29) is 10.4 Å². The van der Waals surface area contributed by atoms with Gasteiger partial charge < -0.3 is 5.11 Å². The van der Waals surface area contributed by atoms with E-state index in [0.717, 1.165) is 18.9 Å². The van der Waals surface area contributed by atoms with Crippen LogP contribution in [0.15, 0.2) is 29.2 Å². The van der Waals surface area contributed by atoms with Crippen molar-refractivity contribution in [1.29, 1.82) is 0 Å². The lowest BCUT2D eigenvalue weighted by atomic mass is 10.1. The molecule has 1 aromatic rings. The molecule has 0 bridgehead atoms. The number of aryl methyl sites for hydroxylation is 1. The van der Waals surface area contributed by atoms with Gasteiger partial charge in [-0.1, -0.05) is 12.1 Å². The maximum atomic E-state index is 12.3. The number of carboxylic acid groups (broad SMARTS) is 1. The number of carbonyl (C=O) groups is 1. The van der Waals surface area contributed by atoms with E-state index in [9.17, 15) is 13.2 Å². The Morgan fingerprint density at radius 1 is 1.40 bits per heavy atom.